The number of nitrogens with zero attached hydrogens (tertiary/aromatic N) is 1. The van der Waals surface area contributed by atoms with E-state index in [-0.39, 0.29) is 24.7 Å². The predicted octanol–water partition coefficient (Wildman–Crippen LogP) is 1.58. The molecule has 5 fully saturated rings. The Morgan fingerprint density at radius 3 is 2.30 bits per heavy atom. The molecule has 5 N–H and O–H groups in total. The van der Waals surface area contributed by atoms with E-state index in [1.54, 1.807) is 20.8 Å². The molecule has 11 nitrogen and oxygen atoms in total. The van der Waals surface area contributed by atoms with E-state index in [1.165, 1.54) is 4.90 Å². The lowest BCUT2D eigenvalue weighted by Gasteiger charge is -2.54. The highest BCUT2D eigenvalue weighted by atomic mass is 19.3. The van der Waals surface area contributed by atoms with Crippen LogP contribution in [0.3, 0.4) is 0 Å². The number of fused-ring (bicyclic) bond motifs is 3. The standard InChI is InChI=1S/C27H41F2N5O6/c1-26(2,3)40-25(39)33-19(11-14-5-4-6-14)24(38)34-16-7-8-17(27(28,29)13-16)20(34)23(37)32-18(21(30)35)12-15-9-10-31-22(15)36/h14-20H,4-13H2,1-3H3,(H2,30,35)(H,31,36)(H,32,37)(H,33,39)/t15-,16-,17-,18-,19-,20-/m0/s1. The normalized spacial score (nSPS) is 29.1. The third kappa shape index (κ3) is 6.65. The van der Waals surface area contributed by atoms with Crippen molar-refractivity contribution in [1.29, 1.82) is 0 Å². The van der Waals surface area contributed by atoms with Crippen LogP contribution < -0.4 is 21.7 Å². The third-order valence-electron chi connectivity index (χ3n) is 8.58. The van der Waals surface area contributed by atoms with Crippen LogP contribution in [0.2, 0.25) is 0 Å². The number of alkyl carbamates (subject to hydrolysis) is 1. The topological polar surface area (TPSA) is 160 Å². The lowest BCUT2D eigenvalue weighted by atomic mass is 9.71. The SMILES string of the molecule is CC(C)(C)OC(=O)N[C@@H](CC1CCC1)C(=O)N1[C@H]2CC[C@@H]([C@H]1C(=O)N[C@@H](C[C@@H]1CCNC1=O)C(N)=O)C(F)(F)C2. The summed E-state index contributed by atoms with van der Waals surface area (Å²) >= 11 is 0. The molecule has 2 bridgehead atoms. The average Bonchev–Trinajstić information content (AvgIpc) is 3.21. The van der Waals surface area contributed by atoms with Gasteiger partial charge in [0.25, 0.3) is 5.92 Å². The molecular weight excluding hydrogens is 528 g/mol. The first-order valence-corrected chi connectivity index (χ1v) is 14.2. The van der Waals surface area contributed by atoms with Gasteiger partial charge < -0.3 is 31.3 Å². The van der Waals surface area contributed by atoms with Crippen molar-refractivity contribution in [2.75, 3.05) is 6.54 Å². The van der Waals surface area contributed by atoms with Gasteiger partial charge in [0, 0.05) is 24.9 Å². The summed E-state index contributed by atoms with van der Waals surface area (Å²) < 4.78 is 35.6. The summed E-state index contributed by atoms with van der Waals surface area (Å²) in [6, 6.07) is -4.80. The Balaban J connectivity index is 1.58. The Kier molecular flexibility index (Phi) is 8.60. The highest BCUT2D eigenvalue weighted by Gasteiger charge is 2.61. The zero-order valence-electron chi connectivity index (χ0n) is 23.3. The largest absolute Gasteiger partial charge is 0.444 e. The van der Waals surface area contributed by atoms with Gasteiger partial charge >= 0.3 is 6.09 Å². The fraction of sp³-hybridized carbons (Fsp3) is 0.815. The van der Waals surface area contributed by atoms with Gasteiger partial charge in [-0.3, -0.25) is 19.2 Å². The maximum atomic E-state index is 15.1. The summed E-state index contributed by atoms with van der Waals surface area (Å²) in [5.74, 6) is -7.73. The van der Waals surface area contributed by atoms with Gasteiger partial charge in [-0.05, 0) is 58.8 Å². The summed E-state index contributed by atoms with van der Waals surface area (Å²) in [6.07, 6.45) is 2.37. The van der Waals surface area contributed by atoms with Crippen molar-refractivity contribution in [2.24, 2.45) is 23.5 Å². The second-order valence-electron chi connectivity index (χ2n) is 12.7. The molecule has 0 aromatic rings. The van der Waals surface area contributed by atoms with Gasteiger partial charge in [-0.25, -0.2) is 13.6 Å². The highest BCUT2D eigenvalue weighted by Crippen LogP contribution is 2.49. The Labute approximate surface area is 232 Å². The minimum Gasteiger partial charge on any atom is -0.444 e. The Hall–Kier alpha value is -2.99. The van der Waals surface area contributed by atoms with Crippen LogP contribution in [0.5, 0.6) is 0 Å². The van der Waals surface area contributed by atoms with Gasteiger partial charge in [0.15, 0.2) is 0 Å². The molecule has 0 aromatic carbocycles. The number of nitrogens with one attached hydrogen (secondary N) is 3. The van der Waals surface area contributed by atoms with Gasteiger partial charge in [0.1, 0.15) is 23.7 Å². The minimum atomic E-state index is -3.20. The molecule has 40 heavy (non-hydrogen) atoms. The molecule has 3 aliphatic heterocycles. The zero-order chi connectivity index (χ0) is 29.4. The molecular formula is C27H41F2N5O6. The van der Waals surface area contributed by atoms with Gasteiger partial charge in [0.2, 0.25) is 23.6 Å². The summed E-state index contributed by atoms with van der Waals surface area (Å²) in [4.78, 5) is 65.7. The zero-order valence-corrected chi connectivity index (χ0v) is 23.3. The molecule has 0 unspecified atom stereocenters. The second-order valence-corrected chi connectivity index (χ2v) is 12.7. The van der Waals surface area contributed by atoms with Gasteiger partial charge in [-0.1, -0.05) is 19.3 Å². The predicted molar refractivity (Wildman–Crippen MR) is 139 cm³/mol. The Bertz CT molecular complexity index is 1030. The molecule has 3 heterocycles. The molecule has 0 aromatic heterocycles. The maximum absolute atomic E-state index is 15.1. The highest BCUT2D eigenvalue weighted by molar-refractivity contribution is 5.95. The fourth-order valence-electron chi connectivity index (χ4n) is 6.39. The molecule has 13 heteroatoms. The van der Waals surface area contributed by atoms with Crippen molar-refractivity contribution < 1.29 is 37.5 Å². The molecule has 5 rings (SSSR count). The number of rotatable bonds is 9. The molecule has 0 radical (unpaired) electrons. The van der Waals surface area contributed by atoms with E-state index >= 15 is 8.78 Å². The molecule has 5 aliphatic rings. The van der Waals surface area contributed by atoms with E-state index in [1.807, 2.05) is 0 Å². The maximum Gasteiger partial charge on any atom is 0.408 e. The van der Waals surface area contributed by atoms with E-state index < -0.39 is 77.8 Å². The lowest BCUT2D eigenvalue weighted by Crippen LogP contribution is -2.71. The van der Waals surface area contributed by atoms with Crippen LogP contribution >= 0.6 is 0 Å². The number of amides is 5. The number of hydrogen-bond acceptors (Lipinski definition) is 6. The number of alkyl halides is 2. The first kappa shape index (κ1) is 30.0. The molecule has 3 saturated heterocycles. The van der Waals surface area contributed by atoms with Crippen LogP contribution in [0.1, 0.15) is 78.6 Å². The molecule has 2 saturated carbocycles. The van der Waals surface area contributed by atoms with Crippen molar-refractivity contribution >= 4 is 29.7 Å². The van der Waals surface area contributed by atoms with Crippen molar-refractivity contribution in [2.45, 2.75) is 114 Å². The molecule has 0 spiro atoms. The fourth-order valence-corrected chi connectivity index (χ4v) is 6.39. The number of ether oxygens (including phenoxy) is 1. The van der Waals surface area contributed by atoms with Crippen molar-refractivity contribution in [3.05, 3.63) is 0 Å². The van der Waals surface area contributed by atoms with Crippen LogP contribution in [0.4, 0.5) is 13.6 Å². The number of carbonyl (C=O) groups excluding carboxylic acids is 5. The van der Waals surface area contributed by atoms with E-state index in [0.717, 1.165) is 19.3 Å². The minimum absolute atomic E-state index is 0.0264. The number of halogens is 2. The Morgan fingerprint density at radius 1 is 1.07 bits per heavy atom. The van der Waals surface area contributed by atoms with Gasteiger partial charge in [-0.2, -0.15) is 0 Å². The molecule has 2 aliphatic carbocycles. The quantitative estimate of drug-likeness (QED) is 0.330. The van der Waals surface area contributed by atoms with Crippen molar-refractivity contribution in [3.63, 3.8) is 0 Å². The summed E-state index contributed by atoms with van der Waals surface area (Å²) in [6.45, 7) is 5.49. The Morgan fingerprint density at radius 2 is 1.77 bits per heavy atom. The average molecular weight is 570 g/mol. The molecule has 224 valence electrons. The number of piperidine rings is 2. The number of nitrogens with two attached hydrogens (primary N) is 1. The van der Waals surface area contributed by atoms with Crippen LogP contribution in [-0.4, -0.2) is 76.9 Å². The third-order valence-corrected chi connectivity index (χ3v) is 8.58. The number of hydrogen-bond donors (Lipinski definition) is 4. The lowest BCUT2D eigenvalue weighted by molar-refractivity contribution is -0.195. The monoisotopic (exact) mass is 569 g/mol. The molecule has 6 atom stereocenters. The first-order chi connectivity index (χ1) is 18.7. The van der Waals surface area contributed by atoms with Gasteiger partial charge in [-0.15, -0.1) is 0 Å². The first-order valence-electron chi connectivity index (χ1n) is 14.2. The summed E-state index contributed by atoms with van der Waals surface area (Å²) in [7, 11) is 0. The van der Waals surface area contributed by atoms with Crippen molar-refractivity contribution in [3.8, 4) is 0 Å². The summed E-state index contributed by atoms with van der Waals surface area (Å²) in [5, 5.41) is 7.77. The van der Waals surface area contributed by atoms with E-state index in [2.05, 4.69) is 16.0 Å². The second kappa shape index (κ2) is 11.5. The van der Waals surface area contributed by atoms with E-state index in [0.29, 0.717) is 25.8 Å². The van der Waals surface area contributed by atoms with Crippen molar-refractivity contribution in [1.82, 2.24) is 20.9 Å². The summed E-state index contributed by atoms with van der Waals surface area (Å²) in [5.41, 5.74) is 4.70. The van der Waals surface area contributed by atoms with E-state index in [9.17, 15) is 24.0 Å². The number of carbonyl (C=O) groups is 5. The van der Waals surface area contributed by atoms with Crippen LogP contribution in [0.25, 0.3) is 0 Å². The molecule has 5 amide bonds. The number of primary amides is 1. The van der Waals surface area contributed by atoms with Crippen LogP contribution in [-0.2, 0) is 23.9 Å². The van der Waals surface area contributed by atoms with Crippen LogP contribution in [0, 0.1) is 17.8 Å². The van der Waals surface area contributed by atoms with Crippen LogP contribution in [0.15, 0.2) is 0 Å². The van der Waals surface area contributed by atoms with Gasteiger partial charge in [0.05, 0.1) is 5.92 Å². The van der Waals surface area contributed by atoms with E-state index in [4.69, 9.17) is 10.5 Å². The smallest absolute Gasteiger partial charge is 0.408 e.